The normalized spacial score (nSPS) is 27.0. The van der Waals surface area contributed by atoms with Crippen LogP contribution < -0.4 is 10.0 Å². The summed E-state index contributed by atoms with van der Waals surface area (Å²) < 4.78 is 31.6. The number of carbonyl (C=O) groups excluding carboxylic acids is 2. The lowest BCUT2D eigenvalue weighted by Crippen LogP contribution is -2.54. The number of imide groups is 1. The van der Waals surface area contributed by atoms with Crippen LogP contribution in [0.5, 0.6) is 0 Å². The third kappa shape index (κ3) is 3.06. The summed E-state index contributed by atoms with van der Waals surface area (Å²) in [5.41, 5.74) is 0. The molecule has 2 aliphatic rings. The number of carbonyl (C=O) groups is 2. The number of piperidine rings is 1. The Kier molecular flexibility index (Phi) is 3.98. The smallest absolute Gasteiger partial charge is 0.244 e. The molecule has 7 nitrogen and oxygen atoms in total. The number of ether oxygens (including phenoxy) is 1. The Labute approximate surface area is 105 Å². The van der Waals surface area contributed by atoms with Gasteiger partial charge < -0.3 is 4.74 Å². The number of rotatable bonds is 3. The minimum Gasteiger partial charge on any atom is -0.381 e. The average molecular weight is 276 g/mol. The molecule has 0 aliphatic carbocycles. The van der Waals surface area contributed by atoms with E-state index in [9.17, 15) is 18.0 Å². The lowest BCUT2D eigenvalue weighted by Gasteiger charge is -2.26. The largest absolute Gasteiger partial charge is 0.381 e. The van der Waals surface area contributed by atoms with Crippen molar-refractivity contribution in [3.63, 3.8) is 0 Å². The molecule has 0 aromatic carbocycles. The first kappa shape index (κ1) is 13.4. The zero-order chi connectivity index (χ0) is 13.2. The van der Waals surface area contributed by atoms with Gasteiger partial charge in [0.15, 0.2) is 0 Å². The van der Waals surface area contributed by atoms with Crippen molar-refractivity contribution < 1.29 is 22.7 Å². The van der Waals surface area contributed by atoms with Gasteiger partial charge in [-0.2, -0.15) is 0 Å². The van der Waals surface area contributed by atoms with Crippen LogP contribution in [0.3, 0.4) is 0 Å². The van der Waals surface area contributed by atoms with Crippen LogP contribution in [0.2, 0.25) is 0 Å². The molecular weight excluding hydrogens is 260 g/mol. The Balaban J connectivity index is 1.99. The maximum Gasteiger partial charge on any atom is 0.244 e. The molecule has 1 unspecified atom stereocenters. The summed E-state index contributed by atoms with van der Waals surface area (Å²) in [6, 6.07) is -0.837. The number of sulfonamides is 1. The molecule has 1 atom stereocenters. The predicted molar refractivity (Wildman–Crippen MR) is 62.1 cm³/mol. The molecule has 0 saturated carbocycles. The van der Waals surface area contributed by atoms with Crippen molar-refractivity contribution in [1.29, 1.82) is 0 Å². The van der Waals surface area contributed by atoms with Gasteiger partial charge >= 0.3 is 0 Å². The number of hydrogen-bond acceptors (Lipinski definition) is 5. The highest BCUT2D eigenvalue weighted by atomic mass is 32.2. The van der Waals surface area contributed by atoms with Gasteiger partial charge in [-0.15, -0.1) is 0 Å². The molecule has 2 heterocycles. The lowest BCUT2D eigenvalue weighted by atomic mass is 10.1. The molecule has 0 spiro atoms. The average Bonchev–Trinajstić information content (AvgIpc) is 2.34. The second kappa shape index (κ2) is 5.33. The summed E-state index contributed by atoms with van der Waals surface area (Å²) >= 11 is 0. The van der Waals surface area contributed by atoms with Gasteiger partial charge in [-0.25, -0.2) is 13.1 Å². The molecule has 2 saturated heterocycles. The molecule has 0 aromatic rings. The Hall–Kier alpha value is -0.990. The zero-order valence-electron chi connectivity index (χ0n) is 9.85. The molecular formula is C10H16N2O5S. The van der Waals surface area contributed by atoms with Gasteiger partial charge in [0, 0.05) is 19.6 Å². The van der Waals surface area contributed by atoms with E-state index >= 15 is 0 Å². The van der Waals surface area contributed by atoms with Crippen LogP contribution in [0.25, 0.3) is 0 Å². The summed E-state index contributed by atoms with van der Waals surface area (Å²) in [4.78, 5) is 22.4. The van der Waals surface area contributed by atoms with Gasteiger partial charge in [0.05, 0.1) is 5.25 Å². The third-order valence-corrected chi connectivity index (χ3v) is 5.11. The lowest BCUT2D eigenvalue weighted by molar-refractivity contribution is -0.134. The van der Waals surface area contributed by atoms with Crippen LogP contribution in [0, 0.1) is 0 Å². The van der Waals surface area contributed by atoms with Crippen molar-refractivity contribution in [1.82, 2.24) is 10.0 Å². The molecule has 8 heteroatoms. The number of nitrogens with one attached hydrogen (secondary N) is 2. The second-order valence-electron chi connectivity index (χ2n) is 4.48. The van der Waals surface area contributed by atoms with Crippen molar-refractivity contribution >= 4 is 21.8 Å². The quantitative estimate of drug-likeness (QED) is 0.636. The Morgan fingerprint density at radius 3 is 2.44 bits per heavy atom. The van der Waals surface area contributed by atoms with E-state index in [1.165, 1.54) is 0 Å². The monoisotopic (exact) mass is 276 g/mol. The van der Waals surface area contributed by atoms with E-state index in [1.54, 1.807) is 0 Å². The van der Waals surface area contributed by atoms with Crippen molar-refractivity contribution in [2.75, 3.05) is 13.2 Å². The van der Waals surface area contributed by atoms with E-state index in [2.05, 4.69) is 10.0 Å². The van der Waals surface area contributed by atoms with Crippen LogP contribution in [-0.2, 0) is 24.3 Å². The van der Waals surface area contributed by atoms with Gasteiger partial charge in [-0.05, 0) is 19.3 Å². The highest BCUT2D eigenvalue weighted by Crippen LogP contribution is 2.16. The van der Waals surface area contributed by atoms with Crippen LogP contribution in [0.1, 0.15) is 25.7 Å². The fourth-order valence-corrected chi connectivity index (χ4v) is 3.71. The van der Waals surface area contributed by atoms with Crippen molar-refractivity contribution in [2.45, 2.75) is 37.0 Å². The Morgan fingerprint density at radius 1 is 1.17 bits per heavy atom. The van der Waals surface area contributed by atoms with Crippen LogP contribution in [0.15, 0.2) is 0 Å². The summed E-state index contributed by atoms with van der Waals surface area (Å²) in [6.07, 6.45) is 1.24. The molecule has 2 rings (SSSR count). The first-order valence-electron chi connectivity index (χ1n) is 5.91. The minimum atomic E-state index is -3.54. The van der Waals surface area contributed by atoms with Gasteiger partial charge in [0.2, 0.25) is 21.8 Å². The van der Waals surface area contributed by atoms with E-state index < -0.39 is 27.2 Å². The van der Waals surface area contributed by atoms with Crippen molar-refractivity contribution in [3.05, 3.63) is 0 Å². The summed E-state index contributed by atoms with van der Waals surface area (Å²) in [7, 11) is -3.54. The van der Waals surface area contributed by atoms with Crippen LogP contribution in [-0.4, -0.2) is 44.7 Å². The fraction of sp³-hybridized carbons (Fsp3) is 0.800. The second-order valence-corrected chi connectivity index (χ2v) is 6.47. The summed E-state index contributed by atoms with van der Waals surface area (Å²) in [5, 5.41) is 1.61. The highest BCUT2D eigenvalue weighted by Gasteiger charge is 2.34. The molecule has 2 fully saturated rings. The van der Waals surface area contributed by atoms with Gasteiger partial charge in [0.25, 0.3) is 0 Å². The van der Waals surface area contributed by atoms with Gasteiger partial charge in [0.1, 0.15) is 6.04 Å². The van der Waals surface area contributed by atoms with E-state index in [-0.39, 0.29) is 18.7 Å². The fourth-order valence-electron chi connectivity index (χ4n) is 2.09. The molecule has 18 heavy (non-hydrogen) atoms. The maximum atomic E-state index is 12.0. The molecule has 0 aromatic heterocycles. The highest BCUT2D eigenvalue weighted by molar-refractivity contribution is 7.90. The standard InChI is InChI=1S/C10H16N2O5S/c13-9-2-1-8(10(14)11-9)12-18(15,16)7-3-5-17-6-4-7/h7-8,12H,1-6H2,(H,11,13,14). The Bertz CT molecular complexity index is 441. The number of amides is 2. The molecule has 0 radical (unpaired) electrons. The maximum absolute atomic E-state index is 12.0. The first-order chi connectivity index (χ1) is 8.49. The summed E-state index contributed by atoms with van der Waals surface area (Å²) in [6.45, 7) is 0.835. The van der Waals surface area contributed by atoms with E-state index in [0.717, 1.165) is 0 Å². The third-order valence-electron chi connectivity index (χ3n) is 3.15. The molecule has 2 aliphatic heterocycles. The predicted octanol–water partition coefficient (Wildman–Crippen LogP) is -1.11. The van der Waals surface area contributed by atoms with Crippen molar-refractivity contribution in [3.8, 4) is 0 Å². The molecule has 2 amide bonds. The van der Waals surface area contributed by atoms with Crippen molar-refractivity contribution in [2.24, 2.45) is 0 Å². The van der Waals surface area contributed by atoms with Gasteiger partial charge in [-0.1, -0.05) is 0 Å². The van der Waals surface area contributed by atoms with E-state index in [1.807, 2.05) is 0 Å². The number of hydrogen-bond donors (Lipinski definition) is 2. The van der Waals surface area contributed by atoms with Gasteiger partial charge in [-0.3, -0.25) is 14.9 Å². The molecule has 2 N–H and O–H groups in total. The topological polar surface area (TPSA) is 102 Å². The van der Waals surface area contributed by atoms with Crippen LogP contribution >= 0.6 is 0 Å². The molecule has 0 bridgehead atoms. The summed E-state index contributed by atoms with van der Waals surface area (Å²) in [5.74, 6) is -0.927. The zero-order valence-corrected chi connectivity index (χ0v) is 10.7. The molecule has 102 valence electrons. The first-order valence-corrected chi connectivity index (χ1v) is 7.46. The SMILES string of the molecule is O=C1CCC(NS(=O)(=O)C2CCOCC2)C(=O)N1. The van der Waals surface area contributed by atoms with E-state index in [4.69, 9.17) is 4.74 Å². The van der Waals surface area contributed by atoms with Crippen LogP contribution in [0.4, 0.5) is 0 Å². The van der Waals surface area contributed by atoms with E-state index in [0.29, 0.717) is 26.1 Å². The minimum absolute atomic E-state index is 0.159. The Morgan fingerprint density at radius 2 is 1.83 bits per heavy atom.